The molecule has 0 bridgehead atoms. The van der Waals surface area contributed by atoms with Gasteiger partial charge >= 0.3 is 0 Å². The molecule has 4 nitrogen and oxygen atoms in total. The third kappa shape index (κ3) is 4.85. The Kier molecular flexibility index (Phi) is 7.06. The lowest BCUT2D eigenvalue weighted by Gasteiger charge is -2.17. The van der Waals surface area contributed by atoms with Crippen LogP contribution in [0.15, 0.2) is 35.3 Å². The highest BCUT2D eigenvalue weighted by atomic mass is 16.5. The summed E-state index contributed by atoms with van der Waals surface area (Å²) in [5.41, 5.74) is 7.04. The van der Waals surface area contributed by atoms with Crippen LogP contribution in [0.25, 0.3) is 0 Å². The van der Waals surface area contributed by atoms with Crippen LogP contribution in [0.3, 0.4) is 0 Å². The number of nitrogens with zero attached hydrogens (tertiary/aromatic N) is 1. The van der Waals surface area contributed by atoms with Gasteiger partial charge in [0.2, 0.25) is 0 Å². The Morgan fingerprint density at radius 3 is 2.67 bits per heavy atom. The van der Waals surface area contributed by atoms with Gasteiger partial charge in [-0.15, -0.1) is 0 Å². The second-order valence-corrected chi connectivity index (χ2v) is 3.90. The highest BCUT2D eigenvalue weighted by Crippen LogP contribution is 2.17. The first-order valence-electron chi connectivity index (χ1n) is 6.24. The number of aliphatic imine (C=N–C) groups is 1. The number of amidine groups is 1. The summed E-state index contributed by atoms with van der Waals surface area (Å²) in [6.45, 7) is 3.92. The van der Waals surface area contributed by atoms with Crippen LogP contribution in [0.4, 0.5) is 0 Å². The average molecular weight is 250 g/mol. The van der Waals surface area contributed by atoms with Crippen molar-refractivity contribution in [2.75, 3.05) is 26.9 Å². The van der Waals surface area contributed by atoms with Gasteiger partial charge < -0.3 is 15.2 Å². The molecule has 2 N–H and O–H groups in total. The number of methoxy groups -OCH3 is 1. The van der Waals surface area contributed by atoms with Crippen molar-refractivity contribution in [3.63, 3.8) is 0 Å². The van der Waals surface area contributed by atoms with Crippen LogP contribution in [-0.2, 0) is 9.47 Å². The van der Waals surface area contributed by atoms with E-state index in [0.29, 0.717) is 25.6 Å². The van der Waals surface area contributed by atoms with Crippen molar-refractivity contribution in [3.8, 4) is 0 Å². The Labute approximate surface area is 109 Å². The van der Waals surface area contributed by atoms with Crippen LogP contribution in [0, 0.1) is 0 Å². The maximum Gasteiger partial charge on any atom is 0.139 e. The van der Waals surface area contributed by atoms with E-state index in [0.717, 1.165) is 12.0 Å². The van der Waals surface area contributed by atoms with Gasteiger partial charge in [0.1, 0.15) is 11.9 Å². The fraction of sp³-hybridized carbons (Fsp3) is 0.500. The SMILES string of the molecule is CCO[C@@H](C(N)=NCCCOC)c1ccccc1. The molecule has 18 heavy (non-hydrogen) atoms. The lowest BCUT2D eigenvalue weighted by Crippen LogP contribution is -2.25. The summed E-state index contributed by atoms with van der Waals surface area (Å²) >= 11 is 0. The zero-order chi connectivity index (χ0) is 13.2. The predicted octanol–water partition coefficient (Wildman–Crippen LogP) is 2.16. The monoisotopic (exact) mass is 250 g/mol. The molecule has 0 fully saturated rings. The fourth-order valence-corrected chi connectivity index (χ4v) is 1.65. The van der Waals surface area contributed by atoms with E-state index in [-0.39, 0.29) is 6.10 Å². The molecule has 1 aromatic carbocycles. The highest BCUT2D eigenvalue weighted by Gasteiger charge is 2.15. The summed E-state index contributed by atoms with van der Waals surface area (Å²) in [5, 5.41) is 0. The molecular weight excluding hydrogens is 228 g/mol. The Morgan fingerprint density at radius 1 is 1.33 bits per heavy atom. The van der Waals surface area contributed by atoms with Gasteiger partial charge in [0.15, 0.2) is 0 Å². The van der Waals surface area contributed by atoms with Crippen molar-refractivity contribution >= 4 is 5.84 Å². The van der Waals surface area contributed by atoms with Crippen molar-refractivity contribution < 1.29 is 9.47 Å². The molecule has 0 radical (unpaired) electrons. The molecule has 0 saturated carbocycles. The van der Waals surface area contributed by atoms with E-state index in [1.54, 1.807) is 7.11 Å². The zero-order valence-electron chi connectivity index (χ0n) is 11.1. The molecule has 1 atom stereocenters. The quantitative estimate of drug-likeness (QED) is 0.437. The molecule has 0 spiro atoms. The maximum absolute atomic E-state index is 6.00. The van der Waals surface area contributed by atoms with Gasteiger partial charge in [-0.3, -0.25) is 4.99 Å². The molecule has 0 aliphatic rings. The normalized spacial score (nSPS) is 13.6. The summed E-state index contributed by atoms with van der Waals surface area (Å²) in [7, 11) is 1.68. The van der Waals surface area contributed by atoms with E-state index in [2.05, 4.69) is 4.99 Å². The van der Waals surface area contributed by atoms with Crippen LogP contribution < -0.4 is 5.73 Å². The van der Waals surface area contributed by atoms with Gasteiger partial charge in [-0.2, -0.15) is 0 Å². The molecule has 0 aromatic heterocycles. The maximum atomic E-state index is 6.00. The molecule has 0 heterocycles. The van der Waals surface area contributed by atoms with Crippen LogP contribution in [-0.4, -0.2) is 32.7 Å². The second-order valence-electron chi connectivity index (χ2n) is 3.90. The second kappa shape index (κ2) is 8.66. The summed E-state index contributed by atoms with van der Waals surface area (Å²) < 4.78 is 10.6. The standard InChI is InChI=1S/C14H22N2O2/c1-3-18-13(12-8-5-4-6-9-12)14(15)16-10-7-11-17-2/h4-6,8-9,13H,3,7,10-11H2,1-2H3,(H2,15,16)/t13-/m1/s1. The third-order valence-corrected chi connectivity index (χ3v) is 2.51. The minimum atomic E-state index is -0.251. The Balaban J connectivity index is 2.66. The number of hydrogen-bond donors (Lipinski definition) is 1. The van der Waals surface area contributed by atoms with Crippen molar-refractivity contribution in [1.82, 2.24) is 0 Å². The predicted molar refractivity (Wildman–Crippen MR) is 73.8 cm³/mol. The van der Waals surface area contributed by atoms with E-state index in [1.807, 2.05) is 37.3 Å². The van der Waals surface area contributed by atoms with Gasteiger partial charge in [-0.05, 0) is 18.9 Å². The summed E-state index contributed by atoms with van der Waals surface area (Å²) in [6, 6.07) is 9.91. The molecular formula is C14H22N2O2. The Morgan fingerprint density at radius 2 is 2.06 bits per heavy atom. The van der Waals surface area contributed by atoms with Gasteiger partial charge in [0.05, 0.1) is 0 Å². The largest absolute Gasteiger partial charge is 0.385 e. The lowest BCUT2D eigenvalue weighted by atomic mass is 10.1. The zero-order valence-corrected chi connectivity index (χ0v) is 11.1. The summed E-state index contributed by atoms with van der Waals surface area (Å²) in [4.78, 5) is 4.35. The Bertz CT molecular complexity index is 352. The van der Waals surface area contributed by atoms with E-state index in [4.69, 9.17) is 15.2 Å². The molecule has 4 heteroatoms. The van der Waals surface area contributed by atoms with Gasteiger partial charge in [-0.25, -0.2) is 0 Å². The number of nitrogens with two attached hydrogens (primary N) is 1. The van der Waals surface area contributed by atoms with Gasteiger partial charge in [0.25, 0.3) is 0 Å². The molecule has 1 rings (SSSR count). The molecule has 0 aliphatic heterocycles. The van der Waals surface area contributed by atoms with Gasteiger partial charge in [0, 0.05) is 26.9 Å². The van der Waals surface area contributed by atoms with Crippen molar-refractivity contribution in [1.29, 1.82) is 0 Å². The summed E-state index contributed by atoms with van der Waals surface area (Å²) in [5.74, 6) is 0.527. The first kappa shape index (κ1) is 14.7. The molecule has 100 valence electrons. The average Bonchev–Trinajstić information content (AvgIpc) is 2.41. The van der Waals surface area contributed by atoms with E-state index in [9.17, 15) is 0 Å². The van der Waals surface area contributed by atoms with E-state index >= 15 is 0 Å². The lowest BCUT2D eigenvalue weighted by molar-refractivity contribution is 0.109. The molecule has 0 amide bonds. The van der Waals surface area contributed by atoms with Crippen LogP contribution in [0.2, 0.25) is 0 Å². The number of ether oxygens (including phenoxy) is 2. The van der Waals surface area contributed by atoms with E-state index in [1.165, 1.54) is 0 Å². The smallest absolute Gasteiger partial charge is 0.139 e. The Hall–Kier alpha value is -1.39. The minimum Gasteiger partial charge on any atom is -0.385 e. The first-order chi connectivity index (χ1) is 8.79. The topological polar surface area (TPSA) is 56.8 Å². The van der Waals surface area contributed by atoms with Crippen LogP contribution in [0.5, 0.6) is 0 Å². The summed E-state index contributed by atoms with van der Waals surface area (Å²) in [6.07, 6.45) is 0.615. The van der Waals surface area contributed by atoms with Crippen LogP contribution in [0.1, 0.15) is 25.0 Å². The van der Waals surface area contributed by atoms with Crippen molar-refractivity contribution in [2.45, 2.75) is 19.4 Å². The number of rotatable bonds is 8. The van der Waals surface area contributed by atoms with Crippen molar-refractivity contribution in [2.24, 2.45) is 10.7 Å². The highest BCUT2D eigenvalue weighted by molar-refractivity contribution is 5.86. The first-order valence-corrected chi connectivity index (χ1v) is 6.24. The van der Waals surface area contributed by atoms with Gasteiger partial charge in [-0.1, -0.05) is 30.3 Å². The fourth-order valence-electron chi connectivity index (χ4n) is 1.65. The van der Waals surface area contributed by atoms with E-state index < -0.39 is 0 Å². The third-order valence-electron chi connectivity index (χ3n) is 2.51. The molecule has 0 aliphatic carbocycles. The molecule has 1 aromatic rings. The van der Waals surface area contributed by atoms with Crippen LogP contribution >= 0.6 is 0 Å². The number of benzene rings is 1. The number of hydrogen-bond acceptors (Lipinski definition) is 3. The minimum absolute atomic E-state index is 0.251. The van der Waals surface area contributed by atoms with Crippen molar-refractivity contribution in [3.05, 3.63) is 35.9 Å². The molecule has 0 saturated heterocycles. The molecule has 0 unspecified atom stereocenters.